The monoisotopic (exact) mass is 311 g/mol. The molecule has 0 unspecified atom stereocenters. The van der Waals surface area contributed by atoms with Gasteiger partial charge in [0.1, 0.15) is 0 Å². The number of thiophene rings is 1. The van der Waals surface area contributed by atoms with Gasteiger partial charge in [0.2, 0.25) is 0 Å². The largest absolute Gasteiger partial charge is 0.505 e. The Labute approximate surface area is 136 Å². The van der Waals surface area contributed by atoms with Crippen LogP contribution in [0, 0.1) is 0 Å². The summed E-state index contributed by atoms with van der Waals surface area (Å²) in [5.41, 5.74) is -0.680. The zero-order chi connectivity index (χ0) is 17.8. The van der Waals surface area contributed by atoms with Gasteiger partial charge in [0.15, 0.2) is 0 Å². The van der Waals surface area contributed by atoms with Gasteiger partial charge in [0, 0.05) is 35.1 Å². The first-order chi connectivity index (χ1) is 11.0. The SMILES string of the molecule is [2H]C([2H])([2H])N1CCN(c2ccc(B3OC(C)(C)C(C)(C)O3)s2)CC1. The van der Waals surface area contributed by atoms with E-state index in [9.17, 15) is 0 Å². The van der Waals surface area contributed by atoms with E-state index in [0.717, 1.165) is 22.9 Å². The lowest BCUT2D eigenvalue weighted by molar-refractivity contribution is 0.00578. The highest BCUT2D eigenvalue weighted by Crippen LogP contribution is 2.37. The Morgan fingerprint density at radius 3 is 2.29 bits per heavy atom. The first-order valence-electron chi connectivity index (χ1n) is 8.95. The van der Waals surface area contributed by atoms with Gasteiger partial charge in [-0.3, -0.25) is 0 Å². The fourth-order valence-electron chi connectivity index (χ4n) is 2.52. The molecule has 4 nitrogen and oxygen atoms in total. The van der Waals surface area contributed by atoms with E-state index in [1.54, 1.807) is 16.2 Å². The van der Waals surface area contributed by atoms with E-state index in [2.05, 4.69) is 44.7 Å². The average molecular weight is 311 g/mol. The summed E-state index contributed by atoms with van der Waals surface area (Å²) < 4.78 is 35.8. The van der Waals surface area contributed by atoms with Crippen molar-refractivity contribution in [2.24, 2.45) is 0 Å². The molecule has 3 heterocycles. The Hall–Kier alpha value is -0.555. The molecule has 2 aliphatic heterocycles. The number of hydrogen-bond donors (Lipinski definition) is 0. The average Bonchev–Trinajstić information content (AvgIpc) is 3.02. The molecular formula is C15H25BN2O2S. The third kappa shape index (κ3) is 2.87. The van der Waals surface area contributed by atoms with Gasteiger partial charge >= 0.3 is 7.12 Å². The van der Waals surface area contributed by atoms with Crippen LogP contribution in [0.1, 0.15) is 31.8 Å². The molecular weight excluding hydrogens is 283 g/mol. The quantitative estimate of drug-likeness (QED) is 0.778. The van der Waals surface area contributed by atoms with Gasteiger partial charge in [0.05, 0.1) is 16.2 Å². The maximum atomic E-state index is 7.50. The normalized spacial score (nSPS) is 28.3. The molecule has 0 atom stereocenters. The van der Waals surface area contributed by atoms with Crippen molar-refractivity contribution in [1.82, 2.24) is 4.90 Å². The lowest BCUT2D eigenvalue weighted by Gasteiger charge is -2.32. The third-order valence-corrected chi connectivity index (χ3v) is 5.86. The molecule has 6 heteroatoms. The van der Waals surface area contributed by atoms with Crippen molar-refractivity contribution in [2.75, 3.05) is 38.1 Å². The summed E-state index contributed by atoms with van der Waals surface area (Å²) in [7, 11) is -0.336. The Balaban J connectivity index is 1.65. The number of nitrogens with zero attached hydrogens (tertiary/aromatic N) is 2. The molecule has 0 N–H and O–H groups in total. The molecule has 21 heavy (non-hydrogen) atoms. The van der Waals surface area contributed by atoms with E-state index >= 15 is 0 Å². The van der Waals surface area contributed by atoms with Crippen LogP contribution in [0.3, 0.4) is 0 Å². The molecule has 0 aromatic carbocycles. The summed E-state index contributed by atoms with van der Waals surface area (Å²) in [4.78, 5) is 3.80. The molecule has 0 aliphatic carbocycles. The van der Waals surface area contributed by atoms with E-state index in [4.69, 9.17) is 13.4 Å². The highest BCUT2D eigenvalue weighted by Gasteiger charge is 2.52. The van der Waals surface area contributed by atoms with Crippen molar-refractivity contribution >= 4 is 28.2 Å². The number of anilines is 1. The summed E-state index contributed by atoms with van der Waals surface area (Å²) in [6.45, 7) is 8.77. The minimum atomic E-state index is -1.99. The predicted octanol–water partition coefficient (Wildman–Crippen LogP) is 1.80. The van der Waals surface area contributed by atoms with Gasteiger partial charge in [-0.1, -0.05) is 0 Å². The minimum absolute atomic E-state index is 0.336. The predicted molar refractivity (Wildman–Crippen MR) is 89.7 cm³/mol. The second-order valence-electron chi connectivity index (χ2n) is 6.74. The van der Waals surface area contributed by atoms with E-state index in [1.807, 2.05) is 0 Å². The summed E-state index contributed by atoms with van der Waals surface area (Å²) in [5.74, 6) is 0. The smallest absolute Gasteiger partial charge is 0.399 e. The first kappa shape index (κ1) is 11.9. The second-order valence-corrected chi connectivity index (χ2v) is 7.83. The van der Waals surface area contributed by atoms with Gasteiger partial charge in [-0.15, -0.1) is 11.3 Å². The lowest BCUT2D eigenvalue weighted by atomic mass is 9.88. The molecule has 2 saturated heterocycles. The van der Waals surface area contributed by atoms with Crippen LogP contribution in [0.25, 0.3) is 0 Å². The second kappa shape index (κ2) is 5.27. The van der Waals surface area contributed by atoms with Crippen LogP contribution in [0.5, 0.6) is 0 Å². The van der Waals surface area contributed by atoms with Crippen molar-refractivity contribution in [3.8, 4) is 0 Å². The van der Waals surface area contributed by atoms with Crippen LogP contribution in [0.2, 0.25) is 0 Å². The van der Waals surface area contributed by atoms with E-state index in [1.165, 1.54) is 0 Å². The van der Waals surface area contributed by atoms with Crippen molar-refractivity contribution in [3.63, 3.8) is 0 Å². The standard InChI is InChI=1S/C15H25BN2O2S/c1-14(2)15(3,4)20-16(19-14)12-6-7-13(21-12)18-10-8-17(5)9-11-18/h6-7H,8-11H2,1-5H3/i5D3. The molecule has 3 rings (SSSR count). The van der Waals surface area contributed by atoms with Crippen molar-refractivity contribution < 1.29 is 13.4 Å². The van der Waals surface area contributed by atoms with Crippen LogP contribution in [-0.4, -0.2) is 56.4 Å². The van der Waals surface area contributed by atoms with Gasteiger partial charge < -0.3 is 19.1 Å². The summed E-state index contributed by atoms with van der Waals surface area (Å²) in [6.07, 6.45) is 0. The molecule has 0 amide bonds. The topological polar surface area (TPSA) is 24.9 Å². The zero-order valence-electron chi connectivity index (χ0n) is 16.2. The van der Waals surface area contributed by atoms with E-state index < -0.39 is 6.98 Å². The highest BCUT2D eigenvalue weighted by atomic mass is 32.1. The molecule has 0 bridgehead atoms. The van der Waals surface area contributed by atoms with Crippen LogP contribution >= 0.6 is 11.3 Å². The maximum absolute atomic E-state index is 7.50. The first-order valence-corrected chi connectivity index (χ1v) is 8.27. The molecule has 1 aromatic rings. The van der Waals surface area contributed by atoms with Crippen molar-refractivity contribution in [2.45, 2.75) is 38.9 Å². The van der Waals surface area contributed by atoms with Gasteiger partial charge in [0.25, 0.3) is 0 Å². The number of likely N-dealkylation sites (N-methyl/N-ethyl adjacent to an activating group) is 1. The van der Waals surface area contributed by atoms with Crippen LogP contribution in [-0.2, 0) is 9.31 Å². The Morgan fingerprint density at radius 2 is 1.71 bits per heavy atom. The molecule has 116 valence electrons. The van der Waals surface area contributed by atoms with Crippen molar-refractivity contribution in [3.05, 3.63) is 12.1 Å². The highest BCUT2D eigenvalue weighted by molar-refractivity contribution is 7.25. The Bertz CT molecular complexity index is 582. The molecule has 1 aromatic heterocycles. The van der Waals surface area contributed by atoms with Crippen molar-refractivity contribution in [1.29, 1.82) is 0 Å². The van der Waals surface area contributed by atoms with Gasteiger partial charge in [-0.2, -0.15) is 0 Å². The Morgan fingerprint density at radius 1 is 1.10 bits per heavy atom. The molecule has 0 saturated carbocycles. The fourth-order valence-corrected chi connectivity index (χ4v) is 3.54. The van der Waals surface area contributed by atoms with Crippen LogP contribution < -0.4 is 9.68 Å². The molecule has 0 radical (unpaired) electrons. The van der Waals surface area contributed by atoms with Gasteiger partial charge in [-0.05, 0) is 46.8 Å². The summed E-state index contributed by atoms with van der Waals surface area (Å²) >= 11 is 1.66. The third-order valence-electron chi connectivity index (χ3n) is 4.69. The zero-order valence-corrected chi connectivity index (χ0v) is 14.0. The minimum Gasteiger partial charge on any atom is -0.399 e. The summed E-state index contributed by atoms with van der Waals surface area (Å²) in [6, 6.07) is 4.13. The number of rotatable bonds is 2. The Kier molecular flexibility index (Phi) is 2.99. The summed E-state index contributed by atoms with van der Waals surface area (Å²) in [5, 5.41) is 1.14. The lowest BCUT2D eigenvalue weighted by Crippen LogP contribution is -2.44. The van der Waals surface area contributed by atoms with Crippen LogP contribution in [0.4, 0.5) is 5.00 Å². The van der Waals surface area contributed by atoms with E-state index in [0.29, 0.717) is 13.1 Å². The van der Waals surface area contributed by atoms with Crippen LogP contribution in [0.15, 0.2) is 12.1 Å². The number of piperazine rings is 1. The molecule has 2 fully saturated rings. The fraction of sp³-hybridized carbons (Fsp3) is 0.733. The molecule has 0 spiro atoms. The van der Waals surface area contributed by atoms with E-state index in [-0.39, 0.29) is 18.3 Å². The molecule has 2 aliphatic rings. The number of hydrogen-bond acceptors (Lipinski definition) is 5. The van der Waals surface area contributed by atoms with Gasteiger partial charge in [-0.25, -0.2) is 0 Å². The maximum Gasteiger partial charge on any atom is 0.505 e.